The smallest absolute Gasteiger partial charge is 0.356 e. The number of fused-ring (bicyclic) bond motifs is 1. The number of ether oxygens (including phenoxy) is 1. The van der Waals surface area contributed by atoms with E-state index in [-0.39, 0.29) is 11.3 Å². The highest BCUT2D eigenvalue weighted by molar-refractivity contribution is 5.93. The van der Waals surface area contributed by atoms with Crippen molar-refractivity contribution in [1.29, 1.82) is 5.26 Å². The van der Waals surface area contributed by atoms with Crippen molar-refractivity contribution >= 4 is 16.9 Å². The Morgan fingerprint density at radius 1 is 1.41 bits per heavy atom. The van der Waals surface area contributed by atoms with Crippen molar-refractivity contribution in [3.63, 3.8) is 0 Å². The lowest BCUT2D eigenvalue weighted by molar-refractivity contribution is 0.0594. The Hall–Kier alpha value is -2.61. The standard InChI is InChI=1S/C12H8N2O3/c1-17-12(16)10-8(6-13)11(15)7-4-2-3-5-9(7)14-10/h2-5H,1H3,(H,14,15). The molecule has 0 unspecified atom stereocenters. The first-order valence-electron chi connectivity index (χ1n) is 4.82. The van der Waals surface area contributed by atoms with Gasteiger partial charge in [0.2, 0.25) is 5.43 Å². The van der Waals surface area contributed by atoms with Crippen LogP contribution in [0.5, 0.6) is 0 Å². The van der Waals surface area contributed by atoms with E-state index in [0.29, 0.717) is 10.9 Å². The number of rotatable bonds is 1. The van der Waals surface area contributed by atoms with Crippen molar-refractivity contribution in [2.24, 2.45) is 0 Å². The first kappa shape index (κ1) is 10.9. The van der Waals surface area contributed by atoms with Crippen LogP contribution < -0.4 is 5.43 Å². The average molecular weight is 228 g/mol. The predicted molar refractivity (Wildman–Crippen MR) is 60.6 cm³/mol. The maximum absolute atomic E-state index is 12.0. The summed E-state index contributed by atoms with van der Waals surface area (Å²) < 4.78 is 4.52. The van der Waals surface area contributed by atoms with Gasteiger partial charge in [-0.25, -0.2) is 4.79 Å². The van der Waals surface area contributed by atoms with E-state index in [4.69, 9.17) is 5.26 Å². The quantitative estimate of drug-likeness (QED) is 0.743. The summed E-state index contributed by atoms with van der Waals surface area (Å²) in [5.41, 5.74) is -0.312. The van der Waals surface area contributed by atoms with Crippen LogP contribution in [-0.4, -0.2) is 18.1 Å². The second-order valence-electron chi connectivity index (χ2n) is 3.35. The lowest BCUT2D eigenvalue weighted by Crippen LogP contribution is -2.17. The van der Waals surface area contributed by atoms with Crippen LogP contribution in [0.2, 0.25) is 0 Å². The van der Waals surface area contributed by atoms with Crippen LogP contribution in [0, 0.1) is 11.3 Å². The van der Waals surface area contributed by atoms with E-state index in [0.717, 1.165) is 0 Å². The summed E-state index contributed by atoms with van der Waals surface area (Å²) in [5, 5.41) is 9.30. The number of pyridine rings is 1. The number of nitriles is 1. The van der Waals surface area contributed by atoms with Crippen molar-refractivity contribution < 1.29 is 9.53 Å². The van der Waals surface area contributed by atoms with Crippen LogP contribution in [-0.2, 0) is 4.74 Å². The van der Waals surface area contributed by atoms with E-state index >= 15 is 0 Å². The molecule has 0 saturated carbocycles. The Balaban J connectivity index is 2.91. The Morgan fingerprint density at radius 2 is 2.12 bits per heavy atom. The number of esters is 1. The molecular formula is C12H8N2O3. The second kappa shape index (κ2) is 4.10. The highest BCUT2D eigenvalue weighted by Crippen LogP contribution is 2.11. The van der Waals surface area contributed by atoms with Crippen LogP contribution in [0.1, 0.15) is 16.1 Å². The Kier molecular flexibility index (Phi) is 2.63. The number of hydrogen-bond donors (Lipinski definition) is 1. The SMILES string of the molecule is COC(=O)c1[nH]c2ccccc2c(=O)c1C#N. The van der Waals surface area contributed by atoms with Crippen LogP contribution in [0.3, 0.4) is 0 Å². The number of carbonyl (C=O) groups is 1. The number of para-hydroxylation sites is 1. The topological polar surface area (TPSA) is 83.0 Å². The highest BCUT2D eigenvalue weighted by Gasteiger charge is 2.17. The van der Waals surface area contributed by atoms with Gasteiger partial charge in [-0.15, -0.1) is 0 Å². The number of benzene rings is 1. The average Bonchev–Trinajstić information content (AvgIpc) is 2.37. The minimum atomic E-state index is -0.732. The van der Waals surface area contributed by atoms with E-state index in [1.807, 2.05) is 0 Å². The molecule has 0 atom stereocenters. The van der Waals surface area contributed by atoms with Crippen molar-refractivity contribution in [3.05, 3.63) is 45.7 Å². The molecule has 2 aromatic rings. The number of carbonyl (C=O) groups excluding carboxylic acids is 1. The lowest BCUT2D eigenvalue weighted by atomic mass is 10.1. The van der Waals surface area contributed by atoms with E-state index in [9.17, 15) is 9.59 Å². The normalized spacial score (nSPS) is 9.88. The molecule has 2 rings (SSSR count). The molecule has 0 radical (unpaired) electrons. The van der Waals surface area contributed by atoms with Gasteiger partial charge in [-0.1, -0.05) is 12.1 Å². The van der Waals surface area contributed by atoms with Gasteiger partial charge in [0, 0.05) is 10.9 Å². The van der Waals surface area contributed by atoms with Crippen LogP contribution in [0.4, 0.5) is 0 Å². The summed E-state index contributed by atoms with van der Waals surface area (Å²) in [6.07, 6.45) is 0. The fourth-order valence-corrected chi connectivity index (χ4v) is 1.60. The van der Waals surface area contributed by atoms with E-state index < -0.39 is 11.4 Å². The van der Waals surface area contributed by atoms with Gasteiger partial charge in [-0.3, -0.25) is 4.79 Å². The van der Waals surface area contributed by atoms with Gasteiger partial charge in [0.15, 0.2) is 0 Å². The number of aromatic nitrogens is 1. The fraction of sp³-hybridized carbons (Fsp3) is 0.0833. The molecule has 0 aliphatic carbocycles. The molecule has 0 aliphatic rings. The summed E-state index contributed by atoms with van der Waals surface area (Å²) in [6.45, 7) is 0. The number of H-pyrrole nitrogens is 1. The maximum Gasteiger partial charge on any atom is 0.356 e. The number of nitrogens with one attached hydrogen (secondary N) is 1. The minimum Gasteiger partial charge on any atom is -0.464 e. The number of nitrogens with zero attached hydrogens (tertiary/aromatic N) is 1. The molecule has 0 spiro atoms. The third-order valence-corrected chi connectivity index (χ3v) is 2.41. The zero-order valence-corrected chi connectivity index (χ0v) is 8.98. The molecule has 1 N–H and O–H groups in total. The molecule has 0 fully saturated rings. The number of aromatic amines is 1. The largest absolute Gasteiger partial charge is 0.464 e. The molecule has 1 aromatic heterocycles. The van der Waals surface area contributed by atoms with E-state index in [1.54, 1.807) is 30.3 Å². The Bertz CT molecular complexity index is 695. The number of methoxy groups -OCH3 is 1. The maximum atomic E-state index is 12.0. The summed E-state index contributed by atoms with van der Waals surface area (Å²) in [7, 11) is 1.19. The van der Waals surface area contributed by atoms with Gasteiger partial charge in [-0.05, 0) is 12.1 Å². The van der Waals surface area contributed by atoms with E-state index in [2.05, 4.69) is 9.72 Å². The van der Waals surface area contributed by atoms with Crippen LogP contribution in [0.25, 0.3) is 10.9 Å². The first-order valence-corrected chi connectivity index (χ1v) is 4.82. The van der Waals surface area contributed by atoms with Gasteiger partial charge in [0.1, 0.15) is 17.3 Å². The van der Waals surface area contributed by atoms with Gasteiger partial charge in [0.25, 0.3) is 0 Å². The van der Waals surface area contributed by atoms with Crippen molar-refractivity contribution in [3.8, 4) is 6.07 Å². The molecule has 0 aliphatic heterocycles. The number of hydrogen-bond acceptors (Lipinski definition) is 4. The summed E-state index contributed by atoms with van der Waals surface area (Å²) in [6, 6.07) is 8.40. The lowest BCUT2D eigenvalue weighted by Gasteiger charge is -2.04. The van der Waals surface area contributed by atoms with Crippen molar-refractivity contribution in [2.45, 2.75) is 0 Å². The molecular weight excluding hydrogens is 220 g/mol. The first-order chi connectivity index (χ1) is 8.19. The van der Waals surface area contributed by atoms with Crippen molar-refractivity contribution in [1.82, 2.24) is 4.98 Å². The monoisotopic (exact) mass is 228 g/mol. The Morgan fingerprint density at radius 3 is 2.76 bits per heavy atom. The molecule has 0 bridgehead atoms. The summed E-state index contributed by atoms with van der Waals surface area (Å²) in [5.74, 6) is -0.732. The molecule has 1 aromatic carbocycles. The second-order valence-corrected chi connectivity index (χ2v) is 3.35. The molecule has 0 saturated heterocycles. The van der Waals surface area contributed by atoms with Crippen molar-refractivity contribution in [2.75, 3.05) is 7.11 Å². The third-order valence-electron chi connectivity index (χ3n) is 2.41. The highest BCUT2D eigenvalue weighted by atomic mass is 16.5. The van der Waals surface area contributed by atoms with Gasteiger partial charge in [-0.2, -0.15) is 5.26 Å². The van der Waals surface area contributed by atoms with Gasteiger partial charge < -0.3 is 9.72 Å². The molecule has 84 valence electrons. The third kappa shape index (κ3) is 1.66. The van der Waals surface area contributed by atoms with E-state index in [1.165, 1.54) is 7.11 Å². The summed E-state index contributed by atoms with van der Waals surface area (Å²) in [4.78, 5) is 26.1. The van der Waals surface area contributed by atoms with Gasteiger partial charge >= 0.3 is 5.97 Å². The fourth-order valence-electron chi connectivity index (χ4n) is 1.60. The zero-order chi connectivity index (χ0) is 12.4. The zero-order valence-electron chi connectivity index (χ0n) is 8.98. The van der Waals surface area contributed by atoms with Gasteiger partial charge in [0.05, 0.1) is 7.11 Å². The van der Waals surface area contributed by atoms with Crippen LogP contribution in [0.15, 0.2) is 29.1 Å². The minimum absolute atomic E-state index is 0.112. The molecule has 0 amide bonds. The summed E-state index contributed by atoms with van der Waals surface area (Å²) >= 11 is 0. The molecule has 17 heavy (non-hydrogen) atoms. The van der Waals surface area contributed by atoms with Crippen LogP contribution >= 0.6 is 0 Å². The molecule has 5 heteroatoms. The molecule has 5 nitrogen and oxygen atoms in total. The predicted octanol–water partition coefficient (Wildman–Crippen LogP) is 1.19. The Labute approximate surface area is 96.3 Å². The molecule has 1 heterocycles.